The Hall–Kier alpha value is -2.27. The number of unbranched alkanes of at least 4 members (excludes halogenated alkanes) is 1. The molecule has 4 nitrogen and oxygen atoms in total. The van der Waals surface area contributed by atoms with Crippen LogP contribution < -0.4 is 5.32 Å². The molecule has 26 heavy (non-hydrogen) atoms. The summed E-state index contributed by atoms with van der Waals surface area (Å²) >= 11 is 1.58. The lowest BCUT2D eigenvalue weighted by Crippen LogP contribution is -2.14. The van der Waals surface area contributed by atoms with Crippen LogP contribution in [0, 0.1) is 6.92 Å². The van der Waals surface area contributed by atoms with E-state index in [2.05, 4.69) is 24.4 Å². The number of rotatable bonds is 9. The number of benzene rings is 2. The molecule has 0 aliphatic rings. The van der Waals surface area contributed by atoms with Crippen molar-refractivity contribution in [2.75, 3.05) is 17.7 Å². The average molecular weight is 372 g/mol. The fourth-order valence-electron chi connectivity index (χ4n) is 2.30. The van der Waals surface area contributed by atoms with Crippen LogP contribution in [-0.4, -0.2) is 24.2 Å². The number of ether oxygens (including phenoxy) is 1. The second-order valence-electron chi connectivity index (χ2n) is 6.03. The predicted molar refractivity (Wildman–Crippen MR) is 108 cm³/mol. The summed E-state index contributed by atoms with van der Waals surface area (Å²) in [5.41, 5.74) is 3.66. The van der Waals surface area contributed by atoms with E-state index in [0.29, 0.717) is 23.6 Å². The molecule has 138 valence electrons. The lowest BCUT2D eigenvalue weighted by atomic mass is 10.1. The Morgan fingerprint density at radius 1 is 1.08 bits per heavy atom. The van der Waals surface area contributed by atoms with Gasteiger partial charge >= 0.3 is 5.97 Å². The molecule has 5 heteroatoms. The van der Waals surface area contributed by atoms with Gasteiger partial charge in [0.25, 0.3) is 0 Å². The number of hydrogen-bond acceptors (Lipinski definition) is 4. The van der Waals surface area contributed by atoms with Crippen molar-refractivity contribution >= 4 is 29.3 Å². The van der Waals surface area contributed by atoms with Crippen molar-refractivity contribution in [2.45, 2.75) is 32.4 Å². The SMILES string of the molecule is CCCCOC(=O)c1ccc(NC(=O)CSCc2ccccc2C)cc1. The maximum atomic E-state index is 12.1. The molecule has 0 fully saturated rings. The fourth-order valence-corrected chi connectivity index (χ4v) is 3.21. The molecule has 2 rings (SSSR count). The van der Waals surface area contributed by atoms with Gasteiger partial charge < -0.3 is 10.1 Å². The van der Waals surface area contributed by atoms with Crippen molar-refractivity contribution in [3.05, 3.63) is 65.2 Å². The van der Waals surface area contributed by atoms with E-state index < -0.39 is 0 Å². The van der Waals surface area contributed by atoms with Crippen LogP contribution in [0.1, 0.15) is 41.3 Å². The second-order valence-corrected chi connectivity index (χ2v) is 7.02. The minimum Gasteiger partial charge on any atom is -0.462 e. The van der Waals surface area contributed by atoms with Gasteiger partial charge in [0.05, 0.1) is 17.9 Å². The lowest BCUT2D eigenvalue weighted by Gasteiger charge is -2.08. The highest BCUT2D eigenvalue weighted by Gasteiger charge is 2.08. The summed E-state index contributed by atoms with van der Waals surface area (Å²) in [5, 5.41) is 2.85. The van der Waals surface area contributed by atoms with E-state index in [-0.39, 0.29) is 11.9 Å². The molecule has 0 saturated carbocycles. The van der Waals surface area contributed by atoms with Gasteiger partial charge in [0.1, 0.15) is 0 Å². The summed E-state index contributed by atoms with van der Waals surface area (Å²) in [4.78, 5) is 23.9. The van der Waals surface area contributed by atoms with Crippen LogP contribution in [0.25, 0.3) is 0 Å². The summed E-state index contributed by atoms with van der Waals surface area (Å²) in [6, 6.07) is 15.0. The first kappa shape index (κ1) is 20.0. The summed E-state index contributed by atoms with van der Waals surface area (Å²) < 4.78 is 5.16. The Labute approximate surface area is 159 Å². The third kappa shape index (κ3) is 6.56. The molecule has 0 unspecified atom stereocenters. The van der Waals surface area contributed by atoms with Crippen LogP contribution in [0.2, 0.25) is 0 Å². The van der Waals surface area contributed by atoms with Crippen LogP contribution in [0.3, 0.4) is 0 Å². The van der Waals surface area contributed by atoms with Gasteiger partial charge in [-0.15, -0.1) is 11.8 Å². The molecule has 0 aliphatic carbocycles. The van der Waals surface area contributed by atoms with E-state index in [4.69, 9.17) is 4.74 Å². The van der Waals surface area contributed by atoms with Gasteiger partial charge in [-0.2, -0.15) is 0 Å². The van der Waals surface area contributed by atoms with E-state index in [1.807, 2.05) is 19.1 Å². The first-order valence-corrected chi connectivity index (χ1v) is 9.95. The van der Waals surface area contributed by atoms with E-state index in [1.54, 1.807) is 36.0 Å². The zero-order valence-corrected chi connectivity index (χ0v) is 16.1. The Morgan fingerprint density at radius 2 is 1.81 bits per heavy atom. The third-order valence-corrected chi connectivity index (χ3v) is 4.87. The van der Waals surface area contributed by atoms with Gasteiger partial charge in [0.2, 0.25) is 5.91 Å². The molecular weight excluding hydrogens is 346 g/mol. The van der Waals surface area contributed by atoms with Gasteiger partial charge in [-0.05, 0) is 48.7 Å². The molecule has 0 radical (unpaired) electrons. The van der Waals surface area contributed by atoms with Crippen molar-refractivity contribution in [3.63, 3.8) is 0 Å². The predicted octanol–water partition coefficient (Wildman–Crippen LogP) is 4.82. The van der Waals surface area contributed by atoms with E-state index in [9.17, 15) is 9.59 Å². The molecular formula is C21H25NO3S. The zero-order chi connectivity index (χ0) is 18.8. The van der Waals surface area contributed by atoms with Gasteiger partial charge in [0, 0.05) is 11.4 Å². The van der Waals surface area contributed by atoms with Crippen LogP contribution in [0.5, 0.6) is 0 Å². The average Bonchev–Trinajstić information content (AvgIpc) is 2.64. The number of anilines is 1. The van der Waals surface area contributed by atoms with Crippen molar-refractivity contribution < 1.29 is 14.3 Å². The van der Waals surface area contributed by atoms with Crippen LogP contribution in [0.15, 0.2) is 48.5 Å². The Bertz CT molecular complexity index is 728. The molecule has 0 aromatic heterocycles. The molecule has 0 spiro atoms. The lowest BCUT2D eigenvalue weighted by molar-refractivity contribution is -0.113. The number of amides is 1. The zero-order valence-electron chi connectivity index (χ0n) is 15.3. The minimum atomic E-state index is -0.329. The Morgan fingerprint density at radius 3 is 2.50 bits per heavy atom. The molecule has 0 atom stereocenters. The molecule has 2 aromatic carbocycles. The highest BCUT2D eigenvalue weighted by molar-refractivity contribution is 7.99. The van der Waals surface area contributed by atoms with Gasteiger partial charge in [0.15, 0.2) is 0 Å². The van der Waals surface area contributed by atoms with Crippen LogP contribution >= 0.6 is 11.8 Å². The maximum Gasteiger partial charge on any atom is 0.338 e. The van der Waals surface area contributed by atoms with E-state index >= 15 is 0 Å². The van der Waals surface area contributed by atoms with Crippen molar-refractivity contribution in [1.29, 1.82) is 0 Å². The quantitative estimate of drug-likeness (QED) is 0.507. The number of hydrogen-bond donors (Lipinski definition) is 1. The van der Waals surface area contributed by atoms with E-state index in [0.717, 1.165) is 18.6 Å². The van der Waals surface area contributed by atoms with Gasteiger partial charge in [-0.3, -0.25) is 4.79 Å². The first-order chi connectivity index (χ1) is 12.6. The smallest absolute Gasteiger partial charge is 0.338 e. The van der Waals surface area contributed by atoms with Crippen molar-refractivity contribution in [2.24, 2.45) is 0 Å². The van der Waals surface area contributed by atoms with Gasteiger partial charge in [-0.25, -0.2) is 4.79 Å². The third-order valence-electron chi connectivity index (χ3n) is 3.89. The molecule has 0 heterocycles. The van der Waals surface area contributed by atoms with Crippen molar-refractivity contribution in [1.82, 2.24) is 0 Å². The normalized spacial score (nSPS) is 10.4. The highest BCUT2D eigenvalue weighted by Crippen LogP contribution is 2.17. The van der Waals surface area contributed by atoms with Crippen LogP contribution in [-0.2, 0) is 15.3 Å². The second kappa shape index (κ2) is 10.7. The molecule has 1 N–H and O–H groups in total. The Kier molecular flexibility index (Phi) is 8.22. The number of esters is 1. The molecule has 0 aliphatic heterocycles. The number of carbonyl (C=O) groups is 2. The molecule has 2 aromatic rings. The molecule has 0 bridgehead atoms. The molecule has 0 saturated heterocycles. The van der Waals surface area contributed by atoms with Gasteiger partial charge in [-0.1, -0.05) is 37.6 Å². The number of aryl methyl sites for hydroxylation is 1. The fraction of sp³-hybridized carbons (Fsp3) is 0.333. The molecule has 1 amide bonds. The summed E-state index contributed by atoms with van der Waals surface area (Å²) in [7, 11) is 0. The minimum absolute atomic E-state index is 0.0538. The summed E-state index contributed by atoms with van der Waals surface area (Å²) in [5.74, 6) is 0.810. The summed E-state index contributed by atoms with van der Waals surface area (Å²) in [6.45, 7) is 4.56. The van der Waals surface area contributed by atoms with Crippen LogP contribution in [0.4, 0.5) is 5.69 Å². The largest absolute Gasteiger partial charge is 0.462 e. The van der Waals surface area contributed by atoms with Crippen molar-refractivity contribution in [3.8, 4) is 0 Å². The monoisotopic (exact) mass is 371 g/mol. The number of nitrogens with one attached hydrogen (secondary N) is 1. The first-order valence-electron chi connectivity index (χ1n) is 8.79. The standard InChI is InChI=1S/C21H25NO3S/c1-3-4-13-25-21(24)17-9-11-19(12-10-17)22-20(23)15-26-14-18-8-6-5-7-16(18)2/h5-12H,3-4,13-15H2,1-2H3,(H,22,23). The summed E-state index contributed by atoms with van der Waals surface area (Å²) in [6.07, 6.45) is 1.85. The maximum absolute atomic E-state index is 12.1. The Balaban J connectivity index is 1.76. The number of thioether (sulfide) groups is 1. The van der Waals surface area contributed by atoms with E-state index in [1.165, 1.54) is 11.1 Å². The number of carbonyl (C=O) groups excluding carboxylic acids is 2. The highest BCUT2D eigenvalue weighted by atomic mass is 32.2. The topological polar surface area (TPSA) is 55.4 Å².